The minimum atomic E-state index is -0.906. The molecule has 0 heterocycles. The molecule has 0 aliphatic rings. The van der Waals surface area contributed by atoms with Gasteiger partial charge in [0.25, 0.3) is 0 Å². The van der Waals surface area contributed by atoms with Crippen LogP contribution in [-0.4, -0.2) is 11.1 Å². The topological polar surface area (TPSA) is 37.3 Å². The molecule has 0 fully saturated rings. The summed E-state index contributed by atoms with van der Waals surface area (Å²) in [7, 11) is 0. The van der Waals surface area contributed by atoms with Crippen LogP contribution in [0.1, 0.15) is 10.4 Å². The first-order chi connectivity index (χ1) is 6.68. The molecule has 0 bridgehead atoms. The van der Waals surface area contributed by atoms with Gasteiger partial charge in [0, 0.05) is 4.90 Å². The Kier molecular flexibility index (Phi) is 2.17. The van der Waals surface area contributed by atoms with Gasteiger partial charge in [0.1, 0.15) is 0 Å². The van der Waals surface area contributed by atoms with Crippen molar-refractivity contribution in [1.29, 1.82) is 0 Å². The molecule has 2 rings (SSSR count). The second kappa shape index (κ2) is 3.35. The van der Waals surface area contributed by atoms with E-state index in [4.69, 9.17) is 5.11 Å². The monoisotopic (exact) mass is 204 g/mol. The maximum absolute atomic E-state index is 10.7. The van der Waals surface area contributed by atoms with Crippen molar-refractivity contribution >= 4 is 29.4 Å². The summed E-state index contributed by atoms with van der Waals surface area (Å²) in [5.41, 5.74) is 0.302. The third-order valence-corrected chi connectivity index (χ3v) is 2.49. The molecule has 0 radical (unpaired) electrons. The molecule has 2 aromatic rings. The third kappa shape index (κ3) is 1.46. The fourth-order valence-corrected chi connectivity index (χ4v) is 1.69. The van der Waals surface area contributed by atoms with Crippen LogP contribution in [0.3, 0.4) is 0 Å². The van der Waals surface area contributed by atoms with Crippen molar-refractivity contribution < 1.29 is 9.90 Å². The lowest BCUT2D eigenvalue weighted by Gasteiger charge is -2.01. The second-order valence-electron chi connectivity index (χ2n) is 3.02. The maximum atomic E-state index is 10.7. The number of thiol groups is 1. The van der Waals surface area contributed by atoms with Gasteiger partial charge in [-0.3, -0.25) is 0 Å². The van der Waals surface area contributed by atoms with E-state index in [-0.39, 0.29) is 0 Å². The highest BCUT2D eigenvalue weighted by molar-refractivity contribution is 7.80. The Hall–Kier alpha value is -1.48. The lowest BCUT2D eigenvalue weighted by atomic mass is 10.1. The lowest BCUT2D eigenvalue weighted by Crippen LogP contribution is -1.95. The van der Waals surface area contributed by atoms with Gasteiger partial charge < -0.3 is 5.11 Å². The summed E-state index contributed by atoms with van der Waals surface area (Å²) in [6.45, 7) is 0. The lowest BCUT2D eigenvalue weighted by molar-refractivity contribution is 0.0697. The smallest absolute Gasteiger partial charge is 0.335 e. The zero-order chi connectivity index (χ0) is 10.1. The number of rotatable bonds is 1. The van der Waals surface area contributed by atoms with Crippen molar-refractivity contribution in [1.82, 2.24) is 0 Å². The number of hydrogen-bond acceptors (Lipinski definition) is 2. The zero-order valence-electron chi connectivity index (χ0n) is 7.27. The molecule has 0 aliphatic carbocycles. The molecule has 0 spiro atoms. The normalized spacial score (nSPS) is 10.4. The van der Waals surface area contributed by atoms with Crippen LogP contribution in [0.5, 0.6) is 0 Å². The summed E-state index contributed by atoms with van der Waals surface area (Å²) in [6.07, 6.45) is 0. The van der Waals surface area contributed by atoms with Crippen LogP contribution in [0, 0.1) is 0 Å². The van der Waals surface area contributed by atoms with Gasteiger partial charge in [-0.1, -0.05) is 18.2 Å². The first kappa shape index (κ1) is 9.09. The SMILES string of the molecule is O=C(O)c1ccc2c(S)cccc2c1. The molecular weight excluding hydrogens is 196 g/mol. The van der Waals surface area contributed by atoms with Gasteiger partial charge in [-0.05, 0) is 29.0 Å². The van der Waals surface area contributed by atoms with Gasteiger partial charge in [0.15, 0.2) is 0 Å². The first-order valence-corrected chi connectivity index (χ1v) is 4.58. The second-order valence-corrected chi connectivity index (χ2v) is 3.50. The summed E-state index contributed by atoms with van der Waals surface area (Å²) >= 11 is 4.29. The molecule has 70 valence electrons. The standard InChI is InChI=1S/C11H8O2S/c12-11(13)8-4-5-9-7(6-8)2-1-3-10(9)14/h1-6,14H,(H,12,13). The van der Waals surface area contributed by atoms with Crippen molar-refractivity contribution in [2.24, 2.45) is 0 Å². The van der Waals surface area contributed by atoms with Crippen molar-refractivity contribution in [2.75, 3.05) is 0 Å². The first-order valence-electron chi connectivity index (χ1n) is 4.13. The van der Waals surface area contributed by atoms with E-state index in [2.05, 4.69) is 12.6 Å². The summed E-state index contributed by atoms with van der Waals surface area (Å²) in [4.78, 5) is 11.6. The molecule has 0 atom stereocenters. The van der Waals surface area contributed by atoms with Crippen LogP contribution in [0.15, 0.2) is 41.3 Å². The minimum Gasteiger partial charge on any atom is -0.478 e. The third-order valence-electron chi connectivity index (χ3n) is 2.10. The van der Waals surface area contributed by atoms with Crippen molar-refractivity contribution in [2.45, 2.75) is 4.90 Å². The molecule has 14 heavy (non-hydrogen) atoms. The summed E-state index contributed by atoms with van der Waals surface area (Å²) < 4.78 is 0. The van der Waals surface area contributed by atoms with Crippen LogP contribution < -0.4 is 0 Å². The number of carboxylic acid groups (broad SMARTS) is 1. The predicted molar refractivity (Wildman–Crippen MR) is 58.2 cm³/mol. The van der Waals surface area contributed by atoms with Crippen molar-refractivity contribution in [3.8, 4) is 0 Å². The quantitative estimate of drug-likeness (QED) is 0.701. The van der Waals surface area contributed by atoms with Crippen LogP contribution in [-0.2, 0) is 0 Å². The minimum absolute atomic E-state index is 0.302. The number of carboxylic acids is 1. The maximum Gasteiger partial charge on any atom is 0.335 e. The summed E-state index contributed by atoms with van der Waals surface area (Å²) in [5, 5.41) is 10.7. The van der Waals surface area contributed by atoms with Gasteiger partial charge in [-0.25, -0.2) is 4.79 Å². The Morgan fingerprint density at radius 1 is 1.21 bits per heavy atom. The van der Waals surface area contributed by atoms with E-state index in [0.717, 1.165) is 15.7 Å². The molecule has 0 unspecified atom stereocenters. The van der Waals surface area contributed by atoms with Crippen LogP contribution in [0.2, 0.25) is 0 Å². The van der Waals surface area contributed by atoms with Crippen LogP contribution >= 0.6 is 12.6 Å². The van der Waals surface area contributed by atoms with E-state index in [0.29, 0.717) is 5.56 Å². The van der Waals surface area contributed by atoms with Crippen LogP contribution in [0.4, 0.5) is 0 Å². The molecule has 1 N–H and O–H groups in total. The Morgan fingerprint density at radius 2 is 2.00 bits per heavy atom. The van der Waals surface area contributed by atoms with E-state index < -0.39 is 5.97 Å². The zero-order valence-corrected chi connectivity index (χ0v) is 8.16. The Labute approximate surface area is 86.6 Å². The average Bonchev–Trinajstić information content (AvgIpc) is 2.17. The van der Waals surface area contributed by atoms with Gasteiger partial charge in [-0.15, -0.1) is 12.6 Å². The Balaban J connectivity index is 2.73. The van der Waals surface area contributed by atoms with E-state index in [1.54, 1.807) is 18.2 Å². The molecular formula is C11H8O2S. The predicted octanol–water partition coefficient (Wildman–Crippen LogP) is 2.83. The molecule has 2 aromatic carbocycles. The van der Waals surface area contributed by atoms with Gasteiger partial charge in [0.05, 0.1) is 5.56 Å². The summed E-state index contributed by atoms with van der Waals surface area (Å²) in [6, 6.07) is 10.6. The number of fused-ring (bicyclic) bond motifs is 1. The van der Waals surface area contributed by atoms with E-state index in [1.165, 1.54) is 0 Å². The highest BCUT2D eigenvalue weighted by Crippen LogP contribution is 2.22. The fraction of sp³-hybridized carbons (Fsp3) is 0. The number of hydrogen-bond donors (Lipinski definition) is 2. The Bertz CT molecular complexity index is 506. The highest BCUT2D eigenvalue weighted by Gasteiger charge is 2.04. The summed E-state index contributed by atoms with van der Waals surface area (Å²) in [5.74, 6) is -0.906. The van der Waals surface area contributed by atoms with Gasteiger partial charge in [-0.2, -0.15) is 0 Å². The Morgan fingerprint density at radius 3 is 2.71 bits per heavy atom. The van der Waals surface area contributed by atoms with Crippen molar-refractivity contribution in [3.63, 3.8) is 0 Å². The van der Waals surface area contributed by atoms with Crippen LogP contribution in [0.25, 0.3) is 10.8 Å². The van der Waals surface area contributed by atoms with E-state index >= 15 is 0 Å². The largest absolute Gasteiger partial charge is 0.478 e. The van der Waals surface area contributed by atoms with Gasteiger partial charge >= 0.3 is 5.97 Å². The highest BCUT2D eigenvalue weighted by atomic mass is 32.1. The van der Waals surface area contributed by atoms with E-state index in [1.807, 2.05) is 18.2 Å². The van der Waals surface area contributed by atoms with E-state index in [9.17, 15) is 4.79 Å². The van der Waals surface area contributed by atoms with Crippen molar-refractivity contribution in [3.05, 3.63) is 42.0 Å². The molecule has 3 heteroatoms. The molecule has 0 amide bonds. The number of aromatic carboxylic acids is 1. The molecule has 0 aromatic heterocycles. The number of benzene rings is 2. The molecule has 2 nitrogen and oxygen atoms in total. The fourth-order valence-electron chi connectivity index (χ4n) is 1.40. The molecule has 0 saturated carbocycles. The number of carbonyl (C=O) groups is 1. The van der Waals surface area contributed by atoms with Gasteiger partial charge in [0.2, 0.25) is 0 Å². The average molecular weight is 204 g/mol. The molecule has 0 aliphatic heterocycles. The molecule has 0 saturated heterocycles.